The first-order valence-electron chi connectivity index (χ1n) is 11.7. The topological polar surface area (TPSA) is 67.5 Å². The largest absolute Gasteiger partial charge is 0.488 e. The standard InChI is InChI=1S/C28H29N3O3/c1-19-20(2)30-27-11-8-22(15-26(19)27)28(32)31(17-23-5-3-4-13-29-23)16-21-6-9-24(10-7-21)34-25-12-14-33-18-25/h3-11,13,15,25,30H,12,14,16-18H2,1-2H3. The summed E-state index contributed by atoms with van der Waals surface area (Å²) in [4.78, 5) is 23.3. The van der Waals surface area contributed by atoms with Gasteiger partial charge in [0.2, 0.25) is 0 Å². The Morgan fingerprint density at radius 3 is 2.71 bits per heavy atom. The third-order valence-corrected chi connectivity index (χ3v) is 6.41. The van der Waals surface area contributed by atoms with E-state index >= 15 is 0 Å². The van der Waals surface area contributed by atoms with Gasteiger partial charge in [-0.2, -0.15) is 0 Å². The second-order valence-corrected chi connectivity index (χ2v) is 8.87. The van der Waals surface area contributed by atoms with Crippen LogP contribution in [0.15, 0.2) is 66.9 Å². The Morgan fingerprint density at radius 2 is 1.97 bits per heavy atom. The number of ether oxygens (including phenoxy) is 2. The average Bonchev–Trinajstić information content (AvgIpc) is 3.47. The zero-order chi connectivity index (χ0) is 23.5. The van der Waals surface area contributed by atoms with Gasteiger partial charge in [0.25, 0.3) is 5.91 Å². The Balaban J connectivity index is 1.38. The van der Waals surface area contributed by atoms with E-state index in [9.17, 15) is 4.79 Å². The summed E-state index contributed by atoms with van der Waals surface area (Å²) >= 11 is 0. The maximum absolute atomic E-state index is 13.7. The molecule has 34 heavy (non-hydrogen) atoms. The Labute approximate surface area is 199 Å². The van der Waals surface area contributed by atoms with Gasteiger partial charge in [-0.25, -0.2) is 0 Å². The third-order valence-electron chi connectivity index (χ3n) is 6.41. The van der Waals surface area contributed by atoms with Crippen LogP contribution in [0.2, 0.25) is 0 Å². The van der Waals surface area contributed by atoms with Crippen molar-refractivity contribution in [2.75, 3.05) is 13.2 Å². The lowest BCUT2D eigenvalue weighted by molar-refractivity contribution is 0.0728. The molecule has 6 nitrogen and oxygen atoms in total. The number of carbonyl (C=O) groups excluding carboxylic acids is 1. The minimum absolute atomic E-state index is 0.0192. The molecular formula is C28H29N3O3. The summed E-state index contributed by atoms with van der Waals surface area (Å²) in [6.07, 6.45) is 2.79. The minimum Gasteiger partial charge on any atom is -0.488 e. The molecule has 0 radical (unpaired) electrons. The number of H-pyrrole nitrogens is 1. The summed E-state index contributed by atoms with van der Waals surface area (Å²) in [7, 11) is 0. The molecule has 2 aromatic heterocycles. The first kappa shape index (κ1) is 22.2. The molecule has 1 fully saturated rings. The number of aromatic amines is 1. The fourth-order valence-electron chi connectivity index (χ4n) is 4.36. The quantitative estimate of drug-likeness (QED) is 0.416. The Morgan fingerprint density at radius 1 is 1.12 bits per heavy atom. The summed E-state index contributed by atoms with van der Waals surface area (Å²) in [6, 6.07) is 19.6. The van der Waals surface area contributed by atoms with Crippen LogP contribution in [-0.4, -0.2) is 40.1 Å². The third kappa shape index (κ3) is 4.82. The van der Waals surface area contributed by atoms with Crippen molar-refractivity contribution in [3.8, 4) is 5.75 Å². The van der Waals surface area contributed by atoms with E-state index in [1.54, 1.807) is 6.20 Å². The fourth-order valence-corrected chi connectivity index (χ4v) is 4.36. The Bertz CT molecular complexity index is 1280. The van der Waals surface area contributed by atoms with Crippen molar-refractivity contribution in [3.63, 3.8) is 0 Å². The van der Waals surface area contributed by atoms with Gasteiger partial charge in [-0.15, -0.1) is 0 Å². The number of benzene rings is 2. The number of fused-ring (bicyclic) bond motifs is 1. The van der Waals surface area contributed by atoms with Crippen LogP contribution in [0.5, 0.6) is 5.75 Å². The second kappa shape index (κ2) is 9.69. The highest BCUT2D eigenvalue weighted by atomic mass is 16.5. The van der Waals surface area contributed by atoms with Gasteiger partial charge in [0.1, 0.15) is 11.9 Å². The zero-order valence-electron chi connectivity index (χ0n) is 19.6. The number of nitrogens with zero attached hydrogens (tertiary/aromatic N) is 2. The molecule has 1 aliphatic heterocycles. The number of aromatic nitrogens is 2. The summed E-state index contributed by atoms with van der Waals surface area (Å²) in [5.74, 6) is 0.805. The zero-order valence-corrected chi connectivity index (χ0v) is 19.6. The highest BCUT2D eigenvalue weighted by Gasteiger charge is 2.20. The van der Waals surface area contributed by atoms with Crippen LogP contribution in [0.3, 0.4) is 0 Å². The fraction of sp³-hybridized carbons (Fsp3) is 0.286. The Hall–Kier alpha value is -3.64. The molecule has 1 saturated heterocycles. The highest BCUT2D eigenvalue weighted by Crippen LogP contribution is 2.24. The van der Waals surface area contributed by atoms with E-state index in [-0.39, 0.29) is 12.0 Å². The lowest BCUT2D eigenvalue weighted by Crippen LogP contribution is -2.30. The molecule has 4 aromatic rings. The number of pyridine rings is 1. The van der Waals surface area contributed by atoms with Gasteiger partial charge in [-0.1, -0.05) is 18.2 Å². The van der Waals surface area contributed by atoms with Crippen molar-refractivity contribution in [2.24, 2.45) is 0 Å². The van der Waals surface area contributed by atoms with Gasteiger partial charge in [0.15, 0.2) is 0 Å². The molecule has 2 aromatic carbocycles. The first-order chi connectivity index (χ1) is 16.6. The number of aryl methyl sites for hydroxylation is 2. The predicted octanol–water partition coefficient (Wildman–Crippen LogP) is 5.19. The number of amides is 1. The van der Waals surface area contributed by atoms with Gasteiger partial charge in [0, 0.05) is 41.3 Å². The van der Waals surface area contributed by atoms with Gasteiger partial charge < -0.3 is 19.4 Å². The van der Waals surface area contributed by atoms with Crippen LogP contribution in [-0.2, 0) is 17.8 Å². The lowest BCUT2D eigenvalue weighted by atomic mass is 10.1. The molecule has 174 valence electrons. The highest BCUT2D eigenvalue weighted by molar-refractivity contribution is 5.99. The predicted molar refractivity (Wildman–Crippen MR) is 132 cm³/mol. The van der Waals surface area contributed by atoms with Crippen LogP contribution in [0.1, 0.15) is 39.3 Å². The molecule has 5 rings (SSSR count). The van der Waals surface area contributed by atoms with E-state index in [4.69, 9.17) is 9.47 Å². The van der Waals surface area contributed by atoms with Gasteiger partial charge in [-0.05, 0) is 67.4 Å². The molecule has 0 aliphatic carbocycles. The summed E-state index contributed by atoms with van der Waals surface area (Å²) in [6.45, 7) is 6.43. The smallest absolute Gasteiger partial charge is 0.254 e. The maximum Gasteiger partial charge on any atom is 0.254 e. The lowest BCUT2D eigenvalue weighted by Gasteiger charge is -2.23. The van der Waals surface area contributed by atoms with Gasteiger partial charge >= 0.3 is 0 Å². The molecule has 0 saturated carbocycles. The monoisotopic (exact) mass is 455 g/mol. The number of rotatable bonds is 7. The van der Waals surface area contributed by atoms with Crippen LogP contribution in [0.4, 0.5) is 0 Å². The summed E-state index contributed by atoms with van der Waals surface area (Å²) in [5, 5.41) is 1.08. The number of nitrogens with one attached hydrogen (secondary N) is 1. The molecule has 6 heteroatoms. The van der Waals surface area contributed by atoms with Crippen LogP contribution < -0.4 is 4.74 Å². The average molecular weight is 456 g/mol. The maximum atomic E-state index is 13.7. The van der Waals surface area contributed by atoms with Crippen molar-refractivity contribution in [1.29, 1.82) is 0 Å². The number of hydrogen-bond donors (Lipinski definition) is 1. The normalized spacial score (nSPS) is 15.5. The van der Waals surface area contributed by atoms with E-state index in [1.165, 1.54) is 5.56 Å². The minimum atomic E-state index is -0.0192. The number of carbonyl (C=O) groups is 1. The van der Waals surface area contributed by atoms with Gasteiger partial charge in [0.05, 0.1) is 25.5 Å². The molecule has 1 atom stereocenters. The SMILES string of the molecule is Cc1[nH]c2ccc(C(=O)N(Cc3ccc(OC4CCOC4)cc3)Cc3ccccn3)cc2c1C. The van der Waals surface area contributed by atoms with E-state index < -0.39 is 0 Å². The molecule has 0 bridgehead atoms. The molecule has 1 N–H and O–H groups in total. The summed E-state index contributed by atoms with van der Waals surface area (Å²) < 4.78 is 11.4. The molecule has 1 amide bonds. The van der Waals surface area contributed by atoms with Crippen LogP contribution in [0.25, 0.3) is 10.9 Å². The van der Waals surface area contributed by atoms with E-state index in [0.29, 0.717) is 25.3 Å². The van der Waals surface area contributed by atoms with E-state index in [2.05, 4.69) is 23.8 Å². The van der Waals surface area contributed by atoms with Crippen molar-refractivity contribution in [1.82, 2.24) is 14.9 Å². The molecule has 1 aliphatic rings. The van der Waals surface area contributed by atoms with Crippen molar-refractivity contribution >= 4 is 16.8 Å². The number of hydrogen-bond acceptors (Lipinski definition) is 4. The van der Waals surface area contributed by atoms with Crippen LogP contribution >= 0.6 is 0 Å². The first-order valence-corrected chi connectivity index (χ1v) is 11.7. The molecule has 0 spiro atoms. The van der Waals surface area contributed by atoms with Crippen molar-refractivity contribution in [2.45, 2.75) is 39.5 Å². The molecule has 3 heterocycles. The van der Waals surface area contributed by atoms with Crippen molar-refractivity contribution < 1.29 is 14.3 Å². The molecule has 1 unspecified atom stereocenters. The summed E-state index contributed by atoms with van der Waals surface area (Å²) in [5.41, 5.74) is 5.90. The van der Waals surface area contributed by atoms with Crippen molar-refractivity contribution in [3.05, 3.63) is 94.9 Å². The van der Waals surface area contributed by atoms with E-state index in [1.807, 2.05) is 65.6 Å². The second-order valence-electron chi connectivity index (χ2n) is 8.87. The van der Waals surface area contributed by atoms with Crippen LogP contribution in [0, 0.1) is 13.8 Å². The van der Waals surface area contributed by atoms with Gasteiger partial charge in [-0.3, -0.25) is 9.78 Å². The van der Waals surface area contributed by atoms with E-state index in [0.717, 1.165) is 46.6 Å². The Kier molecular flexibility index (Phi) is 6.32. The molecular weight excluding hydrogens is 426 g/mol.